The average molecular weight is 557 g/mol. The van der Waals surface area contributed by atoms with Crippen molar-refractivity contribution in [1.82, 2.24) is 0 Å². The lowest BCUT2D eigenvalue weighted by Crippen LogP contribution is -1.96. The summed E-state index contributed by atoms with van der Waals surface area (Å²) in [5.41, 5.74) is 8.74. The van der Waals surface area contributed by atoms with Crippen molar-refractivity contribution >= 4 is 0 Å². The molecule has 0 aromatic heterocycles. The van der Waals surface area contributed by atoms with Crippen LogP contribution in [-0.4, -0.2) is 0 Å². The first-order valence-corrected chi connectivity index (χ1v) is 16.5. The van der Waals surface area contributed by atoms with Crippen molar-refractivity contribution in [2.45, 2.75) is 127 Å². The summed E-state index contributed by atoms with van der Waals surface area (Å²) in [6.45, 7) is 27.1. The third-order valence-electron chi connectivity index (χ3n) is 7.26. The summed E-state index contributed by atoms with van der Waals surface area (Å²) in [7, 11) is 0. The van der Waals surface area contributed by atoms with Gasteiger partial charge in [0.05, 0.1) is 0 Å². The van der Waals surface area contributed by atoms with Crippen LogP contribution < -0.4 is 0 Å². The maximum Gasteiger partial charge on any atom is -0.0219 e. The van der Waals surface area contributed by atoms with Gasteiger partial charge in [0, 0.05) is 0 Å². The van der Waals surface area contributed by atoms with E-state index < -0.39 is 0 Å². The van der Waals surface area contributed by atoms with Gasteiger partial charge in [-0.3, -0.25) is 0 Å². The van der Waals surface area contributed by atoms with E-state index >= 15 is 0 Å². The smallest absolute Gasteiger partial charge is 0.0219 e. The van der Waals surface area contributed by atoms with Crippen LogP contribution >= 0.6 is 0 Å². The first-order chi connectivity index (χ1) is 19.3. The van der Waals surface area contributed by atoms with Gasteiger partial charge >= 0.3 is 0 Å². The second kappa shape index (κ2) is 19.7. The minimum Gasteiger partial charge on any atom is -0.0628 e. The van der Waals surface area contributed by atoms with Gasteiger partial charge in [0.1, 0.15) is 0 Å². The van der Waals surface area contributed by atoms with E-state index in [0.717, 1.165) is 23.7 Å². The van der Waals surface area contributed by atoms with Crippen LogP contribution in [0.3, 0.4) is 0 Å². The number of rotatable bonds is 11. The van der Waals surface area contributed by atoms with E-state index in [9.17, 15) is 0 Å². The van der Waals surface area contributed by atoms with E-state index in [0.29, 0.717) is 11.8 Å². The molecule has 0 atom stereocenters. The Labute approximate surface area is 256 Å². The molecule has 0 radical (unpaired) electrons. The van der Waals surface area contributed by atoms with Gasteiger partial charge in [-0.2, -0.15) is 0 Å². The predicted molar refractivity (Wildman–Crippen MR) is 186 cm³/mol. The number of benzene rings is 3. The lowest BCUT2D eigenvalue weighted by atomic mass is 9.98. The molecule has 0 saturated heterocycles. The van der Waals surface area contributed by atoms with Crippen LogP contribution in [0.5, 0.6) is 0 Å². The Balaban J connectivity index is 0.000000308. The van der Waals surface area contributed by atoms with E-state index in [4.69, 9.17) is 0 Å². The molecular weight excluding hydrogens is 492 g/mol. The highest BCUT2D eigenvalue weighted by Gasteiger charge is 2.02. The minimum atomic E-state index is 0.646. The maximum atomic E-state index is 2.28. The van der Waals surface area contributed by atoms with Crippen molar-refractivity contribution in [3.8, 4) is 0 Å². The number of hydrogen-bond acceptors (Lipinski definition) is 0. The fourth-order valence-corrected chi connectivity index (χ4v) is 4.79. The van der Waals surface area contributed by atoms with Crippen LogP contribution in [0.25, 0.3) is 0 Å². The molecule has 3 aromatic carbocycles. The van der Waals surface area contributed by atoms with E-state index in [1.807, 2.05) is 0 Å². The highest BCUT2D eigenvalue weighted by atomic mass is 14.1. The fourth-order valence-electron chi connectivity index (χ4n) is 4.79. The molecule has 0 N–H and O–H groups in total. The van der Waals surface area contributed by atoms with Crippen LogP contribution in [-0.2, 0) is 25.7 Å². The van der Waals surface area contributed by atoms with Crippen molar-refractivity contribution in [2.75, 3.05) is 0 Å². The zero-order valence-electron chi connectivity index (χ0n) is 28.9. The third-order valence-corrected chi connectivity index (χ3v) is 7.26. The Morgan fingerprint density at radius 3 is 0.854 bits per heavy atom. The van der Waals surface area contributed by atoms with E-state index in [1.54, 1.807) is 0 Å². The summed E-state index contributed by atoms with van der Waals surface area (Å²) in [6.07, 6.45) is 6.10. The summed E-state index contributed by atoms with van der Waals surface area (Å²) >= 11 is 0. The second-order valence-electron chi connectivity index (χ2n) is 14.3. The molecule has 41 heavy (non-hydrogen) atoms. The SMILES string of the molecule is CC(C)CCc1ccc(C(C)C)cc1.CC(C)Cc1ccc(C(C)C)cc1.CC(C)Cc1ccc(CC(C)C)cc1. The lowest BCUT2D eigenvalue weighted by molar-refractivity contribution is 0.586. The quantitative estimate of drug-likeness (QED) is 0.220. The Morgan fingerprint density at radius 2 is 0.610 bits per heavy atom. The summed E-state index contributed by atoms with van der Waals surface area (Å²) in [5.74, 6) is 4.36. The van der Waals surface area contributed by atoms with Crippen molar-refractivity contribution in [1.29, 1.82) is 0 Å². The fraction of sp³-hybridized carbons (Fsp3) is 0.561. The standard InChI is InChI=1S/2C14H22.C13H20/c1-11(2)9-13-5-7-14(8-6-13)10-12(3)4;1-11(2)5-6-13-7-9-14(10-8-13)12(3)4;1-10(2)9-12-5-7-13(8-6-12)11(3)4/h5-8,11-12H,9-10H2,1-4H3;7-12H,5-6H2,1-4H3;5-8,10-11H,9H2,1-4H3. The van der Waals surface area contributed by atoms with E-state index in [2.05, 4.69) is 156 Å². The average Bonchev–Trinajstić information content (AvgIpc) is 2.89. The van der Waals surface area contributed by atoms with Gasteiger partial charge in [-0.05, 0) is 101 Å². The molecule has 228 valence electrons. The topological polar surface area (TPSA) is 0 Å². The molecule has 0 heteroatoms. The summed E-state index contributed by atoms with van der Waals surface area (Å²) in [6, 6.07) is 27.2. The second-order valence-corrected chi connectivity index (χ2v) is 14.3. The molecular formula is C41H64. The highest BCUT2D eigenvalue weighted by Crippen LogP contribution is 2.18. The summed E-state index contributed by atoms with van der Waals surface area (Å²) < 4.78 is 0. The normalized spacial score (nSPS) is 11.3. The van der Waals surface area contributed by atoms with E-state index in [1.165, 1.54) is 65.5 Å². The molecule has 0 aliphatic heterocycles. The summed E-state index contributed by atoms with van der Waals surface area (Å²) in [5, 5.41) is 0. The zero-order valence-corrected chi connectivity index (χ0v) is 28.9. The minimum absolute atomic E-state index is 0.646. The van der Waals surface area contributed by atoms with Gasteiger partial charge in [0.2, 0.25) is 0 Å². The molecule has 0 bridgehead atoms. The van der Waals surface area contributed by atoms with Crippen LogP contribution in [0.2, 0.25) is 0 Å². The first kappa shape index (κ1) is 36.7. The molecule has 0 saturated carbocycles. The van der Waals surface area contributed by atoms with Crippen LogP contribution in [0, 0.1) is 23.7 Å². The predicted octanol–water partition coefficient (Wildman–Crippen LogP) is 12.5. The molecule has 3 rings (SSSR count). The Hall–Kier alpha value is -2.34. The van der Waals surface area contributed by atoms with Gasteiger partial charge in [-0.15, -0.1) is 0 Å². The molecule has 0 spiro atoms. The molecule has 0 aliphatic carbocycles. The zero-order chi connectivity index (χ0) is 30.9. The van der Waals surface area contributed by atoms with Gasteiger partial charge < -0.3 is 0 Å². The molecule has 0 unspecified atom stereocenters. The third kappa shape index (κ3) is 17.3. The molecule has 0 heterocycles. The summed E-state index contributed by atoms with van der Waals surface area (Å²) in [4.78, 5) is 0. The Kier molecular flexibility index (Phi) is 17.6. The van der Waals surface area contributed by atoms with Crippen molar-refractivity contribution < 1.29 is 0 Å². The highest BCUT2D eigenvalue weighted by molar-refractivity contribution is 5.26. The largest absolute Gasteiger partial charge is 0.0628 e. The van der Waals surface area contributed by atoms with Crippen LogP contribution in [0.1, 0.15) is 135 Å². The van der Waals surface area contributed by atoms with Gasteiger partial charge in [0.15, 0.2) is 0 Å². The van der Waals surface area contributed by atoms with Crippen LogP contribution in [0.15, 0.2) is 72.8 Å². The Morgan fingerprint density at radius 1 is 0.341 bits per heavy atom. The van der Waals surface area contributed by atoms with Gasteiger partial charge in [0.25, 0.3) is 0 Å². The molecule has 0 fully saturated rings. The van der Waals surface area contributed by atoms with Crippen molar-refractivity contribution in [2.24, 2.45) is 23.7 Å². The first-order valence-electron chi connectivity index (χ1n) is 16.5. The Bertz CT molecular complexity index is 1000. The van der Waals surface area contributed by atoms with Crippen LogP contribution in [0.4, 0.5) is 0 Å². The number of aryl methyl sites for hydroxylation is 1. The van der Waals surface area contributed by atoms with E-state index in [-0.39, 0.29) is 0 Å². The number of hydrogen-bond donors (Lipinski definition) is 0. The molecule has 0 aliphatic rings. The van der Waals surface area contributed by atoms with Crippen molar-refractivity contribution in [3.63, 3.8) is 0 Å². The van der Waals surface area contributed by atoms with Crippen molar-refractivity contribution in [3.05, 3.63) is 106 Å². The molecule has 0 amide bonds. The van der Waals surface area contributed by atoms with Gasteiger partial charge in [-0.1, -0.05) is 156 Å². The maximum absolute atomic E-state index is 2.28. The monoisotopic (exact) mass is 557 g/mol. The van der Waals surface area contributed by atoms with Gasteiger partial charge in [-0.25, -0.2) is 0 Å². The molecule has 0 nitrogen and oxygen atoms in total. The molecule has 3 aromatic rings. The lowest BCUT2D eigenvalue weighted by Gasteiger charge is -2.08.